The Hall–Kier alpha value is -0.900. The molecule has 0 radical (unpaired) electrons. The highest BCUT2D eigenvalue weighted by atomic mass is 32.2. The lowest BCUT2D eigenvalue weighted by Gasteiger charge is -2.18. The Morgan fingerprint density at radius 3 is 2.57 bits per heavy atom. The van der Waals surface area contributed by atoms with Crippen LogP contribution in [0.1, 0.15) is 19.6 Å². The van der Waals surface area contributed by atoms with Gasteiger partial charge in [0.1, 0.15) is 10.5 Å². The Morgan fingerprint density at radius 2 is 2.14 bits per heavy atom. The summed E-state index contributed by atoms with van der Waals surface area (Å²) in [7, 11) is 1.39. The molecule has 14 heavy (non-hydrogen) atoms. The van der Waals surface area contributed by atoms with Crippen molar-refractivity contribution >= 4 is 17.7 Å². The van der Waals surface area contributed by atoms with Crippen molar-refractivity contribution in [2.75, 3.05) is 7.11 Å². The van der Waals surface area contributed by atoms with E-state index in [0.717, 1.165) is 10.9 Å². The molecule has 0 amide bonds. The quantitative estimate of drug-likeness (QED) is 0.572. The van der Waals surface area contributed by atoms with Crippen LogP contribution in [0.2, 0.25) is 0 Å². The highest BCUT2D eigenvalue weighted by Gasteiger charge is 2.31. The third-order valence-corrected chi connectivity index (χ3v) is 2.85. The van der Waals surface area contributed by atoms with Crippen LogP contribution in [0, 0.1) is 6.92 Å². The van der Waals surface area contributed by atoms with Crippen LogP contribution in [0.4, 0.5) is 0 Å². The average molecular weight is 214 g/mol. The molecular weight excluding hydrogens is 200 g/mol. The fraction of sp³-hybridized carbons (Fsp3) is 0.500. The van der Waals surface area contributed by atoms with Gasteiger partial charge in [0.15, 0.2) is 5.09 Å². The van der Waals surface area contributed by atoms with Gasteiger partial charge in [-0.25, -0.2) is 0 Å². The first-order chi connectivity index (χ1) is 6.45. The topological polar surface area (TPSA) is 39.4 Å². The third-order valence-electron chi connectivity index (χ3n) is 1.75. The molecule has 78 valence electrons. The molecule has 0 fully saturated rings. The average Bonchev–Trinajstić information content (AvgIpc) is 2.48. The van der Waals surface area contributed by atoms with Gasteiger partial charge in [-0.2, -0.15) is 0 Å². The number of carbonyl (C=O) groups excluding carboxylic acids is 1. The standard InChI is InChI=1S/C10H14O3S/c1-7-5-6-8(13-7)14-10(2,3)9(11)12-4/h5-6H,1-4H3. The summed E-state index contributed by atoms with van der Waals surface area (Å²) < 4.78 is 9.45. The Kier molecular flexibility index (Phi) is 3.26. The molecule has 0 atom stereocenters. The molecule has 0 aliphatic carbocycles. The van der Waals surface area contributed by atoms with E-state index in [-0.39, 0.29) is 5.97 Å². The lowest BCUT2D eigenvalue weighted by Crippen LogP contribution is -2.28. The molecule has 0 unspecified atom stereocenters. The van der Waals surface area contributed by atoms with Gasteiger partial charge in [-0.1, -0.05) is 11.8 Å². The summed E-state index contributed by atoms with van der Waals surface area (Å²) in [6, 6.07) is 3.72. The number of ether oxygens (including phenoxy) is 1. The van der Waals surface area contributed by atoms with E-state index in [1.165, 1.54) is 18.9 Å². The molecule has 1 rings (SSSR count). The second-order valence-electron chi connectivity index (χ2n) is 3.47. The first kappa shape index (κ1) is 11.2. The largest absolute Gasteiger partial charge is 0.468 e. The van der Waals surface area contributed by atoms with E-state index < -0.39 is 4.75 Å². The fourth-order valence-electron chi connectivity index (χ4n) is 1.01. The Morgan fingerprint density at radius 1 is 1.50 bits per heavy atom. The Labute approximate surface area is 87.8 Å². The summed E-state index contributed by atoms with van der Waals surface area (Å²) in [5.74, 6) is 0.588. The molecule has 0 saturated carbocycles. The predicted octanol–water partition coefficient (Wildman–Crippen LogP) is 2.63. The molecule has 1 aromatic rings. The van der Waals surface area contributed by atoms with E-state index in [4.69, 9.17) is 9.15 Å². The van der Waals surface area contributed by atoms with Gasteiger partial charge < -0.3 is 9.15 Å². The van der Waals surface area contributed by atoms with E-state index >= 15 is 0 Å². The summed E-state index contributed by atoms with van der Waals surface area (Å²) in [5.41, 5.74) is 0. The van der Waals surface area contributed by atoms with Crippen LogP contribution in [0.3, 0.4) is 0 Å². The number of carbonyl (C=O) groups is 1. The zero-order valence-corrected chi connectivity index (χ0v) is 9.60. The maximum absolute atomic E-state index is 11.4. The maximum Gasteiger partial charge on any atom is 0.321 e. The van der Waals surface area contributed by atoms with E-state index in [0.29, 0.717) is 0 Å². The van der Waals surface area contributed by atoms with Gasteiger partial charge in [0.05, 0.1) is 7.11 Å². The van der Waals surface area contributed by atoms with Crippen LogP contribution < -0.4 is 0 Å². The van der Waals surface area contributed by atoms with Crippen LogP contribution in [0.5, 0.6) is 0 Å². The van der Waals surface area contributed by atoms with Crippen molar-refractivity contribution in [3.8, 4) is 0 Å². The van der Waals surface area contributed by atoms with Crippen molar-refractivity contribution in [1.82, 2.24) is 0 Å². The van der Waals surface area contributed by atoms with Crippen molar-refractivity contribution in [2.45, 2.75) is 30.6 Å². The second kappa shape index (κ2) is 4.09. The maximum atomic E-state index is 11.4. The van der Waals surface area contributed by atoms with E-state index in [9.17, 15) is 4.79 Å². The lowest BCUT2D eigenvalue weighted by atomic mass is 10.2. The number of thioether (sulfide) groups is 1. The summed E-state index contributed by atoms with van der Waals surface area (Å²) in [4.78, 5) is 11.4. The van der Waals surface area contributed by atoms with Gasteiger partial charge in [0, 0.05) is 0 Å². The molecule has 0 N–H and O–H groups in total. The molecule has 4 heteroatoms. The molecule has 0 aliphatic rings. The molecule has 1 heterocycles. The first-order valence-electron chi connectivity index (χ1n) is 4.29. The summed E-state index contributed by atoms with van der Waals surface area (Å²) >= 11 is 1.36. The van der Waals surface area contributed by atoms with Crippen LogP contribution in [-0.2, 0) is 9.53 Å². The zero-order chi connectivity index (χ0) is 10.8. The van der Waals surface area contributed by atoms with Crippen molar-refractivity contribution in [3.05, 3.63) is 17.9 Å². The number of aryl methyl sites for hydroxylation is 1. The third kappa shape index (κ3) is 2.54. The molecule has 0 aromatic carbocycles. The minimum atomic E-state index is -0.612. The van der Waals surface area contributed by atoms with Crippen LogP contribution in [0.25, 0.3) is 0 Å². The highest BCUT2D eigenvalue weighted by molar-refractivity contribution is 8.01. The van der Waals surface area contributed by atoms with Gasteiger partial charge in [-0.05, 0) is 32.9 Å². The molecule has 3 nitrogen and oxygen atoms in total. The van der Waals surface area contributed by atoms with Crippen molar-refractivity contribution < 1.29 is 13.9 Å². The second-order valence-corrected chi connectivity index (χ2v) is 5.10. The smallest absolute Gasteiger partial charge is 0.321 e. The number of furan rings is 1. The molecule has 0 spiro atoms. The van der Waals surface area contributed by atoms with Crippen molar-refractivity contribution in [3.63, 3.8) is 0 Å². The van der Waals surface area contributed by atoms with Crippen molar-refractivity contribution in [1.29, 1.82) is 0 Å². The Balaban J connectivity index is 2.72. The summed E-state index contributed by atoms with van der Waals surface area (Å²) in [6.07, 6.45) is 0. The molecule has 1 aromatic heterocycles. The lowest BCUT2D eigenvalue weighted by molar-refractivity contribution is -0.142. The summed E-state index contributed by atoms with van der Waals surface area (Å²) in [5, 5.41) is 0.734. The number of hydrogen-bond acceptors (Lipinski definition) is 4. The van der Waals surface area contributed by atoms with Gasteiger partial charge in [-0.3, -0.25) is 4.79 Å². The minimum absolute atomic E-state index is 0.253. The van der Waals surface area contributed by atoms with Crippen molar-refractivity contribution in [2.24, 2.45) is 0 Å². The monoisotopic (exact) mass is 214 g/mol. The van der Waals surface area contributed by atoms with Gasteiger partial charge in [0.25, 0.3) is 0 Å². The minimum Gasteiger partial charge on any atom is -0.468 e. The molecule has 0 aliphatic heterocycles. The van der Waals surface area contributed by atoms with Gasteiger partial charge in [-0.15, -0.1) is 0 Å². The molecule has 0 saturated heterocycles. The van der Waals surface area contributed by atoms with E-state index in [1.54, 1.807) is 13.8 Å². The van der Waals surface area contributed by atoms with Gasteiger partial charge >= 0.3 is 5.97 Å². The van der Waals surface area contributed by atoms with Crippen LogP contribution in [-0.4, -0.2) is 17.8 Å². The highest BCUT2D eigenvalue weighted by Crippen LogP contribution is 2.34. The number of hydrogen-bond donors (Lipinski definition) is 0. The SMILES string of the molecule is COC(=O)C(C)(C)Sc1ccc(C)o1. The molecular formula is C10H14O3S. The van der Waals surface area contributed by atoms with E-state index in [2.05, 4.69) is 0 Å². The van der Waals surface area contributed by atoms with E-state index in [1.807, 2.05) is 19.1 Å². The normalized spacial score (nSPS) is 11.4. The Bertz CT molecular complexity index is 328. The van der Waals surface area contributed by atoms with Crippen LogP contribution in [0.15, 0.2) is 21.6 Å². The van der Waals surface area contributed by atoms with Crippen LogP contribution >= 0.6 is 11.8 Å². The number of esters is 1. The number of methoxy groups -OCH3 is 1. The first-order valence-corrected chi connectivity index (χ1v) is 5.11. The van der Waals surface area contributed by atoms with Gasteiger partial charge in [0.2, 0.25) is 0 Å². The summed E-state index contributed by atoms with van der Waals surface area (Å²) in [6.45, 7) is 5.48. The fourth-order valence-corrected chi connectivity index (χ4v) is 1.98. The predicted molar refractivity (Wildman–Crippen MR) is 55.4 cm³/mol. The molecule has 0 bridgehead atoms. The number of rotatable bonds is 3. The zero-order valence-electron chi connectivity index (χ0n) is 8.79.